The van der Waals surface area contributed by atoms with Gasteiger partial charge in [-0.25, -0.2) is 0 Å². The number of hydrogen-bond acceptors (Lipinski definition) is 5. The van der Waals surface area contributed by atoms with Crippen molar-refractivity contribution in [3.63, 3.8) is 0 Å². The third kappa shape index (κ3) is 3.38. The molecule has 1 aromatic heterocycles. The molecule has 0 spiro atoms. The minimum atomic E-state index is -0.116. The van der Waals surface area contributed by atoms with E-state index in [0.29, 0.717) is 24.7 Å². The fraction of sp³-hybridized carbons (Fsp3) is 0.318. The smallest absolute Gasteiger partial charge is 0.232 e. The summed E-state index contributed by atoms with van der Waals surface area (Å²) in [6, 6.07) is 13.9. The van der Waals surface area contributed by atoms with E-state index in [-0.39, 0.29) is 11.8 Å². The van der Waals surface area contributed by atoms with Crippen LogP contribution in [0, 0.1) is 6.92 Å². The van der Waals surface area contributed by atoms with Crippen molar-refractivity contribution in [2.75, 3.05) is 18.6 Å². The average molecular weight is 377 g/mol. The Kier molecular flexibility index (Phi) is 4.86. The van der Waals surface area contributed by atoms with Crippen molar-refractivity contribution in [1.29, 1.82) is 0 Å². The summed E-state index contributed by atoms with van der Waals surface area (Å²) >= 11 is 0. The third-order valence-corrected chi connectivity index (χ3v) is 5.24. The average Bonchev–Trinajstić information content (AvgIpc) is 3.35. The van der Waals surface area contributed by atoms with E-state index in [9.17, 15) is 4.79 Å². The zero-order valence-corrected chi connectivity index (χ0v) is 16.3. The fourth-order valence-corrected chi connectivity index (χ4v) is 3.52. The molecule has 4 rings (SSSR count). The van der Waals surface area contributed by atoms with Crippen LogP contribution in [-0.2, 0) is 11.2 Å². The molecular weight excluding hydrogens is 354 g/mol. The fourth-order valence-electron chi connectivity index (χ4n) is 3.52. The van der Waals surface area contributed by atoms with Crippen molar-refractivity contribution in [3.8, 4) is 17.1 Å². The first-order chi connectivity index (χ1) is 13.6. The molecule has 6 nitrogen and oxygen atoms in total. The Bertz CT molecular complexity index is 995. The summed E-state index contributed by atoms with van der Waals surface area (Å²) in [5.74, 6) is 1.72. The number of carbonyl (C=O) groups excluding carboxylic acids is 1. The van der Waals surface area contributed by atoms with Crippen LogP contribution >= 0.6 is 0 Å². The normalized spacial score (nSPS) is 16.6. The first-order valence-electron chi connectivity index (χ1n) is 9.47. The molecule has 0 saturated carbocycles. The number of benzene rings is 2. The van der Waals surface area contributed by atoms with Gasteiger partial charge in [0.05, 0.1) is 18.7 Å². The predicted octanol–water partition coefficient (Wildman–Crippen LogP) is 4.14. The van der Waals surface area contributed by atoms with Gasteiger partial charge < -0.3 is 14.2 Å². The summed E-state index contributed by atoms with van der Waals surface area (Å²) < 4.78 is 10.8. The second kappa shape index (κ2) is 7.46. The lowest BCUT2D eigenvalue weighted by atomic mass is 10.1. The highest BCUT2D eigenvalue weighted by Gasteiger charge is 2.36. The Morgan fingerprint density at radius 3 is 2.71 bits per heavy atom. The van der Waals surface area contributed by atoms with Crippen LogP contribution in [-0.4, -0.2) is 29.7 Å². The highest BCUT2D eigenvalue weighted by Crippen LogP contribution is 2.35. The lowest BCUT2D eigenvalue weighted by Crippen LogP contribution is -2.25. The topological polar surface area (TPSA) is 68.5 Å². The summed E-state index contributed by atoms with van der Waals surface area (Å²) in [5.41, 5.74) is 4.06. The molecule has 1 unspecified atom stereocenters. The van der Waals surface area contributed by atoms with Crippen molar-refractivity contribution >= 4 is 11.6 Å². The van der Waals surface area contributed by atoms with Gasteiger partial charge >= 0.3 is 0 Å². The Morgan fingerprint density at radius 1 is 1.21 bits per heavy atom. The van der Waals surface area contributed by atoms with Crippen molar-refractivity contribution in [2.45, 2.75) is 32.6 Å². The minimum Gasteiger partial charge on any atom is -0.497 e. The second-order valence-electron chi connectivity index (χ2n) is 7.06. The quantitative estimate of drug-likeness (QED) is 0.668. The number of aromatic nitrogens is 2. The van der Waals surface area contributed by atoms with E-state index in [2.05, 4.69) is 29.2 Å². The van der Waals surface area contributed by atoms with Gasteiger partial charge in [0.15, 0.2) is 0 Å². The summed E-state index contributed by atoms with van der Waals surface area (Å²) in [4.78, 5) is 19.0. The number of amides is 1. The highest BCUT2D eigenvalue weighted by atomic mass is 16.5. The number of hydrogen-bond donors (Lipinski definition) is 0. The molecule has 1 atom stereocenters. The van der Waals surface area contributed by atoms with E-state index >= 15 is 0 Å². The molecule has 0 bridgehead atoms. The van der Waals surface area contributed by atoms with E-state index in [1.54, 1.807) is 12.0 Å². The number of carbonyl (C=O) groups is 1. The van der Waals surface area contributed by atoms with Crippen LogP contribution in [0.25, 0.3) is 11.4 Å². The number of anilines is 1. The van der Waals surface area contributed by atoms with Crippen molar-refractivity contribution < 1.29 is 14.1 Å². The molecule has 3 aromatic rings. The molecule has 6 heteroatoms. The van der Waals surface area contributed by atoms with E-state index < -0.39 is 0 Å². The third-order valence-electron chi connectivity index (χ3n) is 5.24. The number of rotatable bonds is 5. The van der Waals surface area contributed by atoms with Crippen LogP contribution in [0.15, 0.2) is 47.0 Å². The number of nitrogens with zero attached hydrogens (tertiary/aromatic N) is 3. The van der Waals surface area contributed by atoms with Gasteiger partial charge in [0.25, 0.3) is 0 Å². The van der Waals surface area contributed by atoms with Gasteiger partial charge in [0, 0.05) is 24.6 Å². The van der Waals surface area contributed by atoms with Gasteiger partial charge in [-0.05, 0) is 30.5 Å². The predicted molar refractivity (Wildman–Crippen MR) is 107 cm³/mol. The zero-order valence-electron chi connectivity index (χ0n) is 16.3. The van der Waals surface area contributed by atoms with Gasteiger partial charge in [0.2, 0.25) is 17.6 Å². The van der Waals surface area contributed by atoms with Crippen LogP contribution < -0.4 is 9.64 Å². The molecule has 1 aliphatic rings. The van der Waals surface area contributed by atoms with Crippen LogP contribution in [0.3, 0.4) is 0 Å². The van der Waals surface area contributed by atoms with E-state index in [1.807, 2.05) is 37.3 Å². The standard InChI is InChI=1S/C22H23N3O3/c1-4-15-6-8-16(9-7-15)21-23-22(28-24-21)17-11-20(26)25(13-17)19-12-18(27-3)10-5-14(19)2/h5-10,12,17H,4,11,13H2,1-3H3. The summed E-state index contributed by atoms with van der Waals surface area (Å²) in [6.07, 6.45) is 1.34. The molecule has 1 aliphatic heterocycles. The molecule has 28 heavy (non-hydrogen) atoms. The lowest BCUT2D eigenvalue weighted by molar-refractivity contribution is -0.117. The molecule has 0 aliphatic carbocycles. The van der Waals surface area contributed by atoms with Gasteiger partial charge in [-0.3, -0.25) is 4.79 Å². The molecule has 1 saturated heterocycles. The maximum atomic E-state index is 12.7. The molecule has 0 radical (unpaired) electrons. The largest absolute Gasteiger partial charge is 0.497 e. The molecular formula is C22H23N3O3. The van der Waals surface area contributed by atoms with Gasteiger partial charge in [-0.2, -0.15) is 4.98 Å². The van der Waals surface area contributed by atoms with Gasteiger partial charge in [0.1, 0.15) is 5.75 Å². The van der Waals surface area contributed by atoms with Crippen LogP contribution in [0.2, 0.25) is 0 Å². The Balaban J connectivity index is 1.55. The van der Waals surface area contributed by atoms with Crippen LogP contribution in [0.5, 0.6) is 5.75 Å². The maximum Gasteiger partial charge on any atom is 0.232 e. The van der Waals surface area contributed by atoms with Gasteiger partial charge in [-0.15, -0.1) is 0 Å². The SMILES string of the molecule is CCc1ccc(-c2noc(C3CC(=O)N(c4cc(OC)ccc4C)C3)n2)cc1. The molecule has 2 aromatic carbocycles. The highest BCUT2D eigenvalue weighted by molar-refractivity contribution is 5.97. The lowest BCUT2D eigenvalue weighted by Gasteiger charge is -2.19. The number of methoxy groups -OCH3 is 1. The maximum absolute atomic E-state index is 12.7. The van der Waals surface area contributed by atoms with E-state index in [1.165, 1.54) is 5.56 Å². The summed E-state index contributed by atoms with van der Waals surface area (Å²) in [6.45, 7) is 4.62. The van der Waals surface area contributed by atoms with Crippen LogP contribution in [0.4, 0.5) is 5.69 Å². The van der Waals surface area contributed by atoms with Gasteiger partial charge in [-0.1, -0.05) is 42.4 Å². The molecule has 0 N–H and O–H groups in total. The van der Waals surface area contributed by atoms with Crippen LogP contribution in [0.1, 0.15) is 36.3 Å². The Labute approximate surface area is 164 Å². The number of aryl methyl sites for hydroxylation is 2. The molecule has 144 valence electrons. The number of ether oxygens (including phenoxy) is 1. The summed E-state index contributed by atoms with van der Waals surface area (Å²) in [5, 5.41) is 4.12. The van der Waals surface area contributed by atoms with Crippen molar-refractivity contribution in [1.82, 2.24) is 10.1 Å². The molecule has 2 heterocycles. The minimum absolute atomic E-state index is 0.0494. The first-order valence-corrected chi connectivity index (χ1v) is 9.47. The molecule has 1 fully saturated rings. The summed E-state index contributed by atoms with van der Waals surface area (Å²) in [7, 11) is 1.62. The zero-order chi connectivity index (χ0) is 19.7. The van der Waals surface area contributed by atoms with E-state index in [4.69, 9.17) is 9.26 Å². The van der Waals surface area contributed by atoms with Crippen molar-refractivity contribution in [2.24, 2.45) is 0 Å². The molecule has 1 amide bonds. The Hall–Kier alpha value is -3.15. The monoisotopic (exact) mass is 377 g/mol. The Morgan fingerprint density at radius 2 is 2.00 bits per heavy atom. The van der Waals surface area contributed by atoms with E-state index in [0.717, 1.165) is 29.0 Å². The first kappa shape index (κ1) is 18.2. The second-order valence-corrected chi connectivity index (χ2v) is 7.06. The van der Waals surface area contributed by atoms with Crippen molar-refractivity contribution in [3.05, 3.63) is 59.5 Å².